The van der Waals surface area contributed by atoms with Crippen molar-refractivity contribution in [3.8, 4) is 0 Å². The molecule has 22 heavy (non-hydrogen) atoms. The van der Waals surface area contributed by atoms with Crippen LogP contribution in [0.15, 0.2) is 5.16 Å². The number of anilines is 1. The fourth-order valence-electron chi connectivity index (χ4n) is 2.89. The molecule has 2 heterocycles. The van der Waals surface area contributed by atoms with Crippen LogP contribution in [0.3, 0.4) is 0 Å². The third-order valence-corrected chi connectivity index (χ3v) is 5.81. The van der Waals surface area contributed by atoms with Gasteiger partial charge in [-0.25, -0.2) is 9.97 Å². The van der Waals surface area contributed by atoms with Crippen molar-refractivity contribution < 1.29 is 9.53 Å². The van der Waals surface area contributed by atoms with Gasteiger partial charge in [-0.1, -0.05) is 18.7 Å². The number of ether oxygens (including phenoxy) is 1. The zero-order chi connectivity index (χ0) is 15.7. The van der Waals surface area contributed by atoms with E-state index in [2.05, 4.69) is 16.9 Å². The number of fused-ring (bicyclic) bond motifs is 3. The highest BCUT2D eigenvalue weighted by Crippen LogP contribution is 2.43. The normalized spacial score (nSPS) is 17.5. The maximum absolute atomic E-state index is 11.4. The lowest BCUT2D eigenvalue weighted by Crippen LogP contribution is -2.08. The smallest absolute Gasteiger partial charge is 0.316 e. The maximum atomic E-state index is 11.4. The number of carbonyl (C=O) groups excluding carboxylic acids is 1. The monoisotopic (exact) mass is 337 g/mol. The molecule has 0 unspecified atom stereocenters. The van der Waals surface area contributed by atoms with Crippen LogP contribution in [0.25, 0.3) is 10.2 Å². The van der Waals surface area contributed by atoms with Gasteiger partial charge in [0.15, 0.2) is 5.16 Å². The lowest BCUT2D eigenvalue weighted by molar-refractivity contribution is -0.139. The summed E-state index contributed by atoms with van der Waals surface area (Å²) in [5.41, 5.74) is 7.52. The van der Waals surface area contributed by atoms with Crippen LogP contribution in [-0.4, -0.2) is 28.3 Å². The summed E-state index contributed by atoms with van der Waals surface area (Å²) in [5, 5.41) is 1.57. The second kappa shape index (κ2) is 6.42. The Morgan fingerprint density at radius 2 is 2.32 bits per heavy atom. The molecule has 5 nitrogen and oxygen atoms in total. The molecule has 0 aliphatic heterocycles. The Bertz CT molecular complexity index is 714. The number of aryl methyl sites for hydroxylation is 1. The van der Waals surface area contributed by atoms with Crippen molar-refractivity contribution in [1.82, 2.24) is 9.97 Å². The van der Waals surface area contributed by atoms with Crippen LogP contribution in [0.4, 0.5) is 5.82 Å². The molecule has 0 amide bonds. The predicted molar refractivity (Wildman–Crippen MR) is 90.5 cm³/mol. The topological polar surface area (TPSA) is 78.1 Å². The van der Waals surface area contributed by atoms with E-state index >= 15 is 0 Å². The Hall–Kier alpha value is -1.34. The molecule has 0 saturated carbocycles. The molecule has 0 spiro atoms. The molecule has 2 aromatic heterocycles. The summed E-state index contributed by atoms with van der Waals surface area (Å²) < 4.78 is 4.92. The third kappa shape index (κ3) is 2.92. The highest BCUT2D eigenvalue weighted by atomic mass is 32.2. The van der Waals surface area contributed by atoms with Crippen molar-refractivity contribution in [1.29, 1.82) is 0 Å². The summed E-state index contributed by atoms with van der Waals surface area (Å²) in [6.07, 6.45) is 3.52. The van der Waals surface area contributed by atoms with Crippen LogP contribution >= 0.6 is 23.1 Å². The van der Waals surface area contributed by atoms with Crippen LogP contribution in [0.1, 0.15) is 43.0 Å². The Morgan fingerprint density at radius 1 is 1.50 bits per heavy atom. The number of esters is 1. The highest BCUT2D eigenvalue weighted by Gasteiger charge is 2.25. The molecular weight excluding hydrogens is 318 g/mol. The van der Waals surface area contributed by atoms with Crippen LogP contribution < -0.4 is 5.73 Å². The van der Waals surface area contributed by atoms with E-state index < -0.39 is 0 Å². The molecule has 1 aliphatic carbocycles. The van der Waals surface area contributed by atoms with Crippen molar-refractivity contribution in [2.45, 2.75) is 44.2 Å². The van der Waals surface area contributed by atoms with Gasteiger partial charge in [-0.3, -0.25) is 4.79 Å². The molecule has 1 atom stereocenters. The van der Waals surface area contributed by atoms with Gasteiger partial charge < -0.3 is 10.5 Å². The maximum Gasteiger partial charge on any atom is 0.316 e. The van der Waals surface area contributed by atoms with Gasteiger partial charge in [-0.05, 0) is 37.7 Å². The van der Waals surface area contributed by atoms with Gasteiger partial charge in [0, 0.05) is 4.88 Å². The van der Waals surface area contributed by atoms with E-state index in [-0.39, 0.29) is 11.7 Å². The molecule has 7 heteroatoms. The second-order valence-corrected chi connectivity index (χ2v) is 7.42. The number of aromatic nitrogens is 2. The Kier molecular flexibility index (Phi) is 4.54. The van der Waals surface area contributed by atoms with Crippen LogP contribution in [-0.2, 0) is 16.0 Å². The molecule has 0 radical (unpaired) electrons. The summed E-state index contributed by atoms with van der Waals surface area (Å²) >= 11 is 2.99. The van der Waals surface area contributed by atoms with Gasteiger partial charge in [0.2, 0.25) is 0 Å². The number of nitrogens with zero attached hydrogens (tertiary/aromatic N) is 2. The van der Waals surface area contributed by atoms with E-state index in [0.717, 1.165) is 16.6 Å². The van der Waals surface area contributed by atoms with Crippen LogP contribution in [0.5, 0.6) is 0 Å². The number of rotatable bonds is 4. The molecule has 2 aromatic rings. The standard InChI is InChI=1S/C15H19N3O2S2/c1-3-20-10(19)7-21-15-17-13(16)12-11-8(2)5-4-6-9(11)22-14(12)18-15/h8H,3-7H2,1-2H3,(H2,16,17,18)/t8-/m1/s1. The number of thiophene rings is 1. The van der Waals surface area contributed by atoms with Gasteiger partial charge in [0.05, 0.1) is 17.7 Å². The van der Waals surface area contributed by atoms with E-state index in [1.165, 1.54) is 35.0 Å². The average Bonchev–Trinajstić information content (AvgIpc) is 2.85. The van der Waals surface area contributed by atoms with E-state index in [4.69, 9.17) is 10.5 Å². The van der Waals surface area contributed by atoms with Gasteiger partial charge in [-0.15, -0.1) is 11.3 Å². The first-order valence-electron chi connectivity index (χ1n) is 7.47. The van der Waals surface area contributed by atoms with Crippen molar-refractivity contribution in [3.05, 3.63) is 10.4 Å². The first-order valence-corrected chi connectivity index (χ1v) is 9.27. The van der Waals surface area contributed by atoms with Crippen LogP contribution in [0, 0.1) is 0 Å². The lowest BCUT2D eigenvalue weighted by Gasteiger charge is -2.18. The Morgan fingerprint density at radius 3 is 3.09 bits per heavy atom. The number of hydrogen-bond donors (Lipinski definition) is 1. The lowest BCUT2D eigenvalue weighted by atomic mass is 9.87. The van der Waals surface area contributed by atoms with Crippen molar-refractivity contribution in [3.63, 3.8) is 0 Å². The summed E-state index contributed by atoms with van der Waals surface area (Å²) in [6, 6.07) is 0. The number of nitrogen functional groups attached to an aromatic ring is 1. The van der Waals surface area contributed by atoms with Gasteiger partial charge in [0.1, 0.15) is 10.6 Å². The molecule has 0 saturated heterocycles. The van der Waals surface area contributed by atoms with Crippen molar-refractivity contribution in [2.24, 2.45) is 0 Å². The van der Waals surface area contributed by atoms with Crippen molar-refractivity contribution >= 4 is 45.1 Å². The quantitative estimate of drug-likeness (QED) is 0.523. The van der Waals surface area contributed by atoms with E-state index in [0.29, 0.717) is 23.5 Å². The average molecular weight is 337 g/mol. The molecule has 0 aromatic carbocycles. The minimum Gasteiger partial charge on any atom is -0.465 e. The molecule has 3 rings (SSSR count). The largest absolute Gasteiger partial charge is 0.465 e. The van der Waals surface area contributed by atoms with E-state index in [1.54, 1.807) is 18.3 Å². The number of thioether (sulfide) groups is 1. The van der Waals surface area contributed by atoms with Crippen molar-refractivity contribution in [2.75, 3.05) is 18.1 Å². The minimum atomic E-state index is -0.256. The summed E-state index contributed by atoms with van der Waals surface area (Å²) in [4.78, 5) is 22.7. The number of carbonyl (C=O) groups is 1. The molecule has 2 N–H and O–H groups in total. The summed E-state index contributed by atoms with van der Waals surface area (Å²) in [6.45, 7) is 4.42. The molecule has 0 bridgehead atoms. The molecule has 0 fully saturated rings. The van der Waals surface area contributed by atoms with E-state index in [9.17, 15) is 4.79 Å². The Balaban J connectivity index is 1.91. The first kappa shape index (κ1) is 15.6. The second-order valence-electron chi connectivity index (χ2n) is 5.40. The number of hydrogen-bond acceptors (Lipinski definition) is 7. The summed E-state index contributed by atoms with van der Waals surface area (Å²) in [5.74, 6) is 0.998. The van der Waals surface area contributed by atoms with Gasteiger partial charge >= 0.3 is 5.97 Å². The SMILES string of the molecule is CCOC(=O)CSc1nc(N)c2c3c(sc2n1)CCC[C@H]3C. The molecule has 1 aliphatic rings. The first-order chi connectivity index (χ1) is 10.6. The zero-order valence-corrected chi connectivity index (χ0v) is 14.4. The molecule has 118 valence electrons. The third-order valence-electron chi connectivity index (χ3n) is 3.83. The fourth-order valence-corrected chi connectivity index (χ4v) is 4.93. The number of nitrogens with two attached hydrogens (primary N) is 1. The molecular formula is C15H19N3O2S2. The van der Waals surface area contributed by atoms with Gasteiger partial charge in [0.25, 0.3) is 0 Å². The highest BCUT2D eigenvalue weighted by molar-refractivity contribution is 7.99. The van der Waals surface area contributed by atoms with Gasteiger partial charge in [-0.2, -0.15) is 0 Å². The zero-order valence-electron chi connectivity index (χ0n) is 12.7. The Labute approximate surface area is 137 Å². The fraction of sp³-hybridized carbons (Fsp3) is 0.533. The summed E-state index contributed by atoms with van der Waals surface area (Å²) in [7, 11) is 0. The van der Waals surface area contributed by atoms with E-state index in [1.807, 2.05) is 0 Å². The minimum absolute atomic E-state index is 0.209. The predicted octanol–water partition coefficient (Wildman–Crippen LogP) is 3.37. The van der Waals surface area contributed by atoms with Crippen LogP contribution in [0.2, 0.25) is 0 Å².